The second-order valence-corrected chi connectivity index (χ2v) is 8.35. The van der Waals surface area contributed by atoms with E-state index < -0.39 is 21.6 Å². The van der Waals surface area contributed by atoms with Crippen molar-refractivity contribution >= 4 is 22.0 Å². The van der Waals surface area contributed by atoms with Crippen molar-refractivity contribution in [3.05, 3.63) is 17.7 Å². The van der Waals surface area contributed by atoms with Gasteiger partial charge in [0.2, 0.25) is 15.9 Å². The molecule has 1 aromatic heterocycles. The van der Waals surface area contributed by atoms with Crippen molar-refractivity contribution in [2.24, 2.45) is 5.73 Å². The predicted molar refractivity (Wildman–Crippen MR) is 88.9 cm³/mol. The van der Waals surface area contributed by atoms with Crippen LogP contribution < -0.4 is 11.1 Å². The summed E-state index contributed by atoms with van der Waals surface area (Å²) in [5, 5.41) is 2.28. The van der Waals surface area contributed by atoms with Crippen LogP contribution in [0.1, 0.15) is 24.2 Å². The Morgan fingerprint density at radius 2 is 2.04 bits per heavy atom. The van der Waals surface area contributed by atoms with E-state index in [0.29, 0.717) is 38.9 Å². The minimum Gasteiger partial charge on any atom is -0.352 e. The number of sulfonamides is 1. The van der Waals surface area contributed by atoms with Crippen LogP contribution in [-0.4, -0.2) is 72.0 Å². The molecule has 25 heavy (non-hydrogen) atoms. The summed E-state index contributed by atoms with van der Waals surface area (Å²) in [7, 11) is -3.41. The van der Waals surface area contributed by atoms with Crippen molar-refractivity contribution in [1.82, 2.24) is 24.5 Å². The number of aromatic amines is 1. The number of piperidine rings is 1. The number of nitrogens with zero attached hydrogens (tertiary/aromatic N) is 3. The molecule has 1 spiro atoms. The largest absolute Gasteiger partial charge is 0.352 e. The van der Waals surface area contributed by atoms with Gasteiger partial charge >= 0.3 is 6.03 Å². The highest BCUT2D eigenvalue weighted by Gasteiger charge is 2.50. The number of urea groups is 1. The molecule has 0 aromatic carbocycles. The molecule has 3 heterocycles. The quantitative estimate of drug-likeness (QED) is 0.607. The highest BCUT2D eigenvalue weighted by molar-refractivity contribution is 7.88. The molecule has 2 aliphatic rings. The number of carbonyl (C=O) groups is 2. The molecular weight excluding hydrogens is 348 g/mol. The molecule has 1 aromatic rings. The van der Waals surface area contributed by atoms with E-state index in [4.69, 9.17) is 5.73 Å². The lowest BCUT2D eigenvalue weighted by Gasteiger charge is -2.49. The van der Waals surface area contributed by atoms with Crippen molar-refractivity contribution in [2.45, 2.75) is 24.8 Å². The highest BCUT2D eigenvalue weighted by Crippen LogP contribution is 2.43. The summed E-state index contributed by atoms with van der Waals surface area (Å²) < 4.78 is 26.2. The number of hydrogen-bond acceptors (Lipinski definition) is 5. The van der Waals surface area contributed by atoms with Crippen molar-refractivity contribution in [1.29, 1.82) is 0 Å². The van der Waals surface area contributed by atoms with Gasteiger partial charge in [-0.25, -0.2) is 18.2 Å². The second-order valence-electron chi connectivity index (χ2n) is 6.44. The van der Waals surface area contributed by atoms with Crippen molar-refractivity contribution < 1.29 is 18.0 Å². The predicted octanol–water partition coefficient (Wildman–Crippen LogP) is -1.29. The molecular formula is C14H22N6O4S. The van der Waals surface area contributed by atoms with Crippen LogP contribution in [-0.2, 0) is 26.8 Å². The van der Waals surface area contributed by atoms with E-state index in [2.05, 4.69) is 15.3 Å². The molecule has 10 nitrogen and oxygen atoms in total. The van der Waals surface area contributed by atoms with Crippen LogP contribution in [0.3, 0.4) is 0 Å². The normalized spacial score (nSPS) is 20.3. The van der Waals surface area contributed by atoms with Gasteiger partial charge in [0.05, 0.1) is 30.4 Å². The molecule has 0 bridgehead atoms. The van der Waals surface area contributed by atoms with Crippen molar-refractivity contribution in [3.8, 4) is 0 Å². The minimum atomic E-state index is -3.41. The summed E-state index contributed by atoms with van der Waals surface area (Å²) in [5.74, 6) is -0.238. The summed E-state index contributed by atoms with van der Waals surface area (Å²) in [5.41, 5.74) is 5.97. The first-order valence-electron chi connectivity index (χ1n) is 8.06. The Balaban J connectivity index is 1.82. The Bertz CT molecular complexity index is 781. The van der Waals surface area contributed by atoms with Crippen LogP contribution in [0.4, 0.5) is 4.79 Å². The zero-order valence-corrected chi connectivity index (χ0v) is 14.8. The fourth-order valence-electron chi connectivity index (χ4n) is 3.83. The smallest absolute Gasteiger partial charge is 0.312 e. The topological polar surface area (TPSA) is 141 Å². The van der Waals surface area contributed by atoms with E-state index >= 15 is 0 Å². The molecule has 4 N–H and O–H groups in total. The average molecular weight is 370 g/mol. The number of imidazole rings is 1. The first-order chi connectivity index (χ1) is 11.7. The van der Waals surface area contributed by atoms with Crippen LogP contribution in [0.25, 0.3) is 0 Å². The van der Waals surface area contributed by atoms with E-state index in [-0.39, 0.29) is 12.5 Å². The SMILES string of the molecule is CS(=O)(=O)N1CCc2[nH]cnc2C12CCN(C(=O)CNC(N)=O)CC2. The van der Waals surface area contributed by atoms with Gasteiger partial charge < -0.3 is 20.9 Å². The molecule has 3 rings (SSSR count). The van der Waals surface area contributed by atoms with Gasteiger partial charge in [-0.05, 0) is 12.8 Å². The van der Waals surface area contributed by atoms with Crippen molar-refractivity contribution in [2.75, 3.05) is 32.4 Å². The molecule has 2 aliphatic heterocycles. The van der Waals surface area contributed by atoms with Crippen LogP contribution >= 0.6 is 0 Å². The lowest BCUT2D eigenvalue weighted by molar-refractivity contribution is -0.132. The highest BCUT2D eigenvalue weighted by atomic mass is 32.2. The van der Waals surface area contributed by atoms with Gasteiger partial charge in [-0.2, -0.15) is 4.31 Å². The Morgan fingerprint density at radius 1 is 1.36 bits per heavy atom. The maximum absolute atomic E-state index is 12.3. The number of H-pyrrole nitrogens is 1. The summed E-state index contributed by atoms with van der Waals surface area (Å²) in [4.78, 5) is 32.0. The third-order valence-corrected chi connectivity index (χ3v) is 6.29. The maximum atomic E-state index is 12.3. The first kappa shape index (κ1) is 17.7. The molecule has 0 atom stereocenters. The molecule has 1 saturated heterocycles. The van der Waals surface area contributed by atoms with Crippen LogP contribution in [0.2, 0.25) is 0 Å². The molecule has 0 saturated carbocycles. The Labute approximate surface area is 145 Å². The number of rotatable bonds is 3. The van der Waals surface area contributed by atoms with Gasteiger partial charge in [0.1, 0.15) is 0 Å². The summed E-state index contributed by atoms with van der Waals surface area (Å²) >= 11 is 0. The molecule has 0 radical (unpaired) electrons. The van der Waals surface area contributed by atoms with E-state index in [1.54, 1.807) is 11.2 Å². The number of primary amides is 1. The summed E-state index contributed by atoms with van der Waals surface area (Å²) in [6, 6.07) is -0.751. The number of aromatic nitrogens is 2. The lowest BCUT2D eigenvalue weighted by Crippen LogP contribution is -2.59. The zero-order valence-electron chi connectivity index (χ0n) is 14.0. The fraction of sp³-hybridized carbons (Fsp3) is 0.643. The number of amides is 3. The average Bonchev–Trinajstić information content (AvgIpc) is 3.02. The van der Waals surface area contributed by atoms with Gasteiger partial charge in [0.25, 0.3) is 0 Å². The maximum Gasteiger partial charge on any atom is 0.312 e. The standard InChI is InChI=1S/C14H22N6O4S/c1-25(23,24)20-5-2-10-12(18-9-17-10)14(20)3-6-19(7-4-14)11(21)8-16-13(15)22/h9H,2-8H2,1H3,(H,17,18)(H3,15,16,22). The molecule has 11 heteroatoms. The number of carbonyl (C=O) groups excluding carboxylic acids is 2. The van der Waals surface area contributed by atoms with Gasteiger partial charge in [0.15, 0.2) is 0 Å². The number of nitrogens with one attached hydrogen (secondary N) is 2. The molecule has 138 valence electrons. The Hall–Kier alpha value is -2.14. The third kappa shape index (κ3) is 3.21. The molecule has 0 unspecified atom stereocenters. The third-order valence-electron chi connectivity index (χ3n) is 4.96. The van der Waals surface area contributed by atoms with E-state index in [1.807, 2.05) is 0 Å². The molecule has 0 aliphatic carbocycles. The Kier molecular flexibility index (Phi) is 4.45. The fourth-order valence-corrected chi connectivity index (χ4v) is 5.15. The molecule has 3 amide bonds. The monoisotopic (exact) mass is 370 g/mol. The second kappa shape index (κ2) is 6.30. The Morgan fingerprint density at radius 3 is 2.64 bits per heavy atom. The summed E-state index contributed by atoms with van der Waals surface area (Å²) in [6.45, 7) is 1.01. The zero-order chi connectivity index (χ0) is 18.2. The number of hydrogen-bond donors (Lipinski definition) is 3. The summed E-state index contributed by atoms with van der Waals surface area (Å²) in [6.07, 6.45) is 4.31. The number of likely N-dealkylation sites (tertiary alicyclic amines) is 1. The number of fused-ring (bicyclic) bond motifs is 2. The van der Waals surface area contributed by atoms with E-state index in [0.717, 1.165) is 11.4 Å². The first-order valence-corrected chi connectivity index (χ1v) is 9.90. The van der Waals surface area contributed by atoms with E-state index in [9.17, 15) is 18.0 Å². The van der Waals surface area contributed by atoms with Crippen LogP contribution in [0, 0.1) is 0 Å². The lowest BCUT2D eigenvalue weighted by atomic mass is 9.80. The van der Waals surface area contributed by atoms with Gasteiger partial charge in [-0.15, -0.1) is 0 Å². The van der Waals surface area contributed by atoms with Gasteiger partial charge in [-0.3, -0.25) is 4.79 Å². The molecule has 1 fully saturated rings. The van der Waals surface area contributed by atoms with Crippen LogP contribution in [0.15, 0.2) is 6.33 Å². The van der Waals surface area contributed by atoms with E-state index in [1.165, 1.54) is 10.6 Å². The van der Waals surface area contributed by atoms with Gasteiger partial charge in [0, 0.05) is 31.7 Å². The van der Waals surface area contributed by atoms with Crippen molar-refractivity contribution in [3.63, 3.8) is 0 Å². The number of nitrogens with two attached hydrogens (primary N) is 1. The van der Waals surface area contributed by atoms with Crippen LogP contribution in [0.5, 0.6) is 0 Å². The minimum absolute atomic E-state index is 0.161. The van der Waals surface area contributed by atoms with Gasteiger partial charge in [-0.1, -0.05) is 0 Å².